The van der Waals surface area contributed by atoms with Gasteiger partial charge in [0.15, 0.2) is 0 Å². The largest absolute Gasteiger partial charge is 0.342 e. The highest BCUT2D eigenvalue weighted by molar-refractivity contribution is 5.87. The van der Waals surface area contributed by atoms with E-state index in [0.29, 0.717) is 12.5 Å². The van der Waals surface area contributed by atoms with Gasteiger partial charge in [0, 0.05) is 42.7 Å². The number of aromatic nitrogens is 1. The highest BCUT2D eigenvalue weighted by Gasteiger charge is 2.34. The topological polar surface area (TPSA) is 32.0 Å². The molecule has 0 bridgehead atoms. The van der Waals surface area contributed by atoms with Crippen molar-refractivity contribution in [2.75, 3.05) is 13.1 Å². The SMILES string of the molecule is N#CCCN1CCn2c3c(c4cc(C5CCCCC5)ccc42)CCC[C@H]31. The Morgan fingerprint density at radius 1 is 1.04 bits per heavy atom. The molecule has 2 aromatic rings. The van der Waals surface area contributed by atoms with Gasteiger partial charge >= 0.3 is 0 Å². The molecule has 3 nitrogen and oxygen atoms in total. The van der Waals surface area contributed by atoms with Crippen LogP contribution in [0.2, 0.25) is 0 Å². The van der Waals surface area contributed by atoms with E-state index in [4.69, 9.17) is 5.26 Å². The van der Waals surface area contributed by atoms with Crippen LogP contribution < -0.4 is 0 Å². The first-order valence-corrected chi connectivity index (χ1v) is 10.6. The summed E-state index contributed by atoms with van der Waals surface area (Å²) in [6.45, 7) is 3.10. The number of aryl methyl sites for hydroxylation is 1. The molecule has 1 saturated carbocycles. The fourth-order valence-electron chi connectivity index (χ4n) is 5.85. The van der Waals surface area contributed by atoms with Gasteiger partial charge in [-0.25, -0.2) is 0 Å². The van der Waals surface area contributed by atoms with Gasteiger partial charge in [-0.2, -0.15) is 5.26 Å². The molecule has 1 aliphatic heterocycles. The lowest BCUT2D eigenvalue weighted by Crippen LogP contribution is -2.40. The van der Waals surface area contributed by atoms with Gasteiger partial charge in [-0.3, -0.25) is 4.90 Å². The van der Waals surface area contributed by atoms with E-state index in [1.807, 2.05) is 0 Å². The summed E-state index contributed by atoms with van der Waals surface area (Å²) in [6.07, 6.45) is 11.4. The van der Waals surface area contributed by atoms with Crippen molar-refractivity contribution in [2.45, 2.75) is 76.3 Å². The fourth-order valence-corrected chi connectivity index (χ4v) is 5.85. The molecule has 3 heteroatoms. The Labute approximate surface area is 156 Å². The molecular weight excluding hydrogens is 318 g/mol. The number of hydrogen-bond acceptors (Lipinski definition) is 2. The molecule has 0 unspecified atom stereocenters. The summed E-state index contributed by atoms with van der Waals surface area (Å²) in [5.41, 5.74) is 6.24. The van der Waals surface area contributed by atoms with Gasteiger partial charge in [-0.1, -0.05) is 25.3 Å². The maximum atomic E-state index is 9.01. The van der Waals surface area contributed by atoms with E-state index in [1.54, 1.807) is 16.8 Å². The van der Waals surface area contributed by atoms with Crippen LogP contribution in [0.5, 0.6) is 0 Å². The van der Waals surface area contributed by atoms with E-state index in [0.717, 1.165) is 25.6 Å². The number of benzene rings is 1. The second-order valence-electron chi connectivity index (χ2n) is 8.48. The first-order chi connectivity index (χ1) is 12.9. The Hall–Kier alpha value is -1.79. The van der Waals surface area contributed by atoms with E-state index in [-0.39, 0.29) is 0 Å². The lowest BCUT2D eigenvalue weighted by molar-refractivity contribution is 0.144. The Kier molecular flexibility index (Phi) is 4.25. The molecule has 1 aromatic heterocycles. The molecule has 2 aliphatic carbocycles. The summed E-state index contributed by atoms with van der Waals surface area (Å²) in [4.78, 5) is 2.57. The van der Waals surface area contributed by atoms with Crippen molar-refractivity contribution >= 4 is 10.9 Å². The number of nitriles is 1. The predicted octanol–water partition coefficient (Wildman–Crippen LogP) is 5.30. The van der Waals surface area contributed by atoms with Crippen LogP contribution in [0.25, 0.3) is 10.9 Å². The van der Waals surface area contributed by atoms with Crippen molar-refractivity contribution < 1.29 is 0 Å². The molecule has 1 fully saturated rings. The molecule has 0 radical (unpaired) electrons. The van der Waals surface area contributed by atoms with Gasteiger partial charge in [0.05, 0.1) is 12.1 Å². The van der Waals surface area contributed by atoms with Gasteiger partial charge in [0.25, 0.3) is 0 Å². The van der Waals surface area contributed by atoms with Gasteiger partial charge in [0.1, 0.15) is 0 Å². The lowest BCUT2D eigenvalue weighted by Gasteiger charge is -2.39. The normalized spacial score (nSPS) is 23.7. The van der Waals surface area contributed by atoms with Crippen molar-refractivity contribution in [1.29, 1.82) is 5.26 Å². The number of hydrogen-bond donors (Lipinski definition) is 0. The first-order valence-electron chi connectivity index (χ1n) is 10.6. The summed E-state index contributed by atoms with van der Waals surface area (Å²) < 4.78 is 2.61. The van der Waals surface area contributed by atoms with Crippen molar-refractivity contribution in [3.63, 3.8) is 0 Å². The monoisotopic (exact) mass is 347 g/mol. The quantitative estimate of drug-likeness (QED) is 0.755. The molecule has 0 saturated heterocycles. The van der Waals surface area contributed by atoms with Gasteiger partial charge in [0.2, 0.25) is 0 Å². The smallest absolute Gasteiger partial charge is 0.0635 e. The maximum absolute atomic E-state index is 9.01. The highest BCUT2D eigenvalue weighted by Crippen LogP contribution is 2.44. The molecule has 0 amide bonds. The second kappa shape index (κ2) is 6.74. The Morgan fingerprint density at radius 3 is 2.77 bits per heavy atom. The van der Waals surface area contributed by atoms with Crippen LogP contribution >= 0.6 is 0 Å². The first kappa shape index (κ1) is 16.4. The van der Waals surface area contributed by atoms with Crippen LogP contribution in [0.4, 0.5) is 0 Å². The van der Waals surface area contributed by atoms with Gasteiger partial charge < -0.3 is 4.57 Å². The van der Waals surface area contributed by atoms with Crippen molar-refractivity contribution in [3.05, 3.63) is 35.0 Å². The minimum Gasteiger partial charge on any atom is -0.342 e. The van der Waals surface area contributed by atoms with E-state index in [1.165, 1.54) is 62.3 Å². The van der Waals surface area contributed by atoms with E-state index in [2.05, 4.69) is 33.7 Å². The highest BCUT2D eigenvalue weighted by atomic mass is 15.2. The summed E-state index contributed by atoms with van der Waals surface area (Å²) in [7, 11) is 0. The fraction of sp³-hybridized carbons (Fsp3) is 0.609. The molecular formula is C23H29N3. The van der Waals surface area contributed by atoms with Crippen molar-refractivity contribution in [1.82, 2.24) is 9.47 Å². The Balaban J connectivity index is 1.57. The third kappa shape index (κ3) is 2.58. The second-order valence-corrected chi connectivity index (χ2v) is 8.48. The van der Waals surface area contributed by atoms with Crippen LogP contribution in [0.15, 0.2) is 18.2 Å². The minimum atomic E-state index is 0.534. The van der Waals surface area contributed by atoms with Crippen LogP contribution in [-0.2, 0) is 13.0 Å². The average molecular weight is 348 g/mol. The van der Waals surface area contributed by atoms with Crippen molar-refractivity contribution in [3.8, 4) is 6.07 Å². The molecule has 0 N–H and O–H groups in total. The van der Waals surface area contributed by atoms with E-state index in [9.17, 15) is 0 Å². The Bertz CT molecular complexity index is 850. The molecule has 1 aromatic carbocycles. The zero-order chi connectivity index (χ0) is 17.5. The average Bonchev–Trinajstić information content (AvgIpc) is 3.03. The van der Waals surface area contributed by atoms with Gasteiger partial charge in [-0.05, 0) is 61.3 Å². The third-order valence-electron chi connectivity index (χ3n) is 7.10. The molecule has 2 heterocycles. The van der Waals surface area contributed by atoms with Crippen molar-refractivity contribution in [2.24, 2.45) is 0 Å². The summed E-state index contributed by atoms with van der Waals surface area (Å²) in [6, 6.07) is 10.3. The van der Waals surface area contributed by atoms with Gasteiger partial charge in [-0.15, -0.1) is 0 Å². The maximum Gasteiger partial charge on any atom is 0.0635 e. The molecule has 136 valence electrons. The van der Waals surface area contributed by atoms with E-state index >= 15 is 0 Å². The number of rotatable bonds is 3. The number of nitrogens with zero attached hydrogens (tertiary/aromatic N) is 3. The molecule has 0 spiro atoms. The lowest BCUT2D eigenvalue weighted by atomic mass is 9.83. The number of fused-ring (bicyclic) bond motifs is 3. The zero-order valence-electron chi connectivity index (χ0n) is 15.7. The predicted molar refractivity (Wildman–Crippen MR) is 105 cm³/mol. The third-order valence-corrected chi connectivity index (χ3v) is 7.10. The molecule has 5 rings (SSSR count). The standard InChI is InChI=1S/C23H29N3/c24-12-5-13-25-14-15-26-21-11-10-18(17-6-2-1-3-7-17)16-20(21)19-8-4-9-22(25)23(19)26/h10-11,16-17,22H,1-9,13-15H2/t22-/m1/s1. The molecule has 3 aliphatic rings. The molecule has 26 heavy (non-hydrogen) atoms. The summed E-state index contributed by atoms with van der Waals surface area (Å²) >= 11 is 0. The summed E-state index contributed by atoms with van der Waals surface area (Å²) in [5.74, 6) is 0.781. The van der Waals surface area contributed by atoms with Crippen LogP contribution in [-0.4, -0.2) is 22.6 Å². The van der Waals surface area contributed by atoms with Crippen LogP contribution in [0.3, 0.4) is 0 Å². The van der Waals surface area contributed by atoms with Crippen LogP contribution in [0.1, 0.15) is 80.1 Å². The zero-order valence-corrected chi connectivity index (χ0v) is 15.7. The molecule has 1 atom stereocenters. The van der Waals surface area contributed by atoms with E-state index < -0.39 is 0 Å². The minimum absolute atomic E-state index is 0.534. The summed E-state index contributed by atoms with van der Waals surface area (Å²) in [5, 5.41) is 10.5. The Morgan fingerprint density at radius 2 is 1.92 bits per heavy atom. The van der Waals surface area contributed by atoms with Crippen LogP contribution in [0, 0.1) is 11.3 Å².